The molecule has 0 aliphatic carbocycles. The number of pyridine rings is 1. The number of nitrogens with zero attached hydrogens (tertiary/aromatic N) is 3. The van der Waals surface area contributed by atoms with Crippen molar-refractivity contribution >= 4 is 11.3 Å². The maximum atomic E-state index is 15.1. The molecular formula is C21H22F2N3+. The van der Waals surface area contributed by atoms with Crippen LogP contribution in [0.1, 0.15) is 37.8 Å². The highest BCUT2D eigenvalue weighted by Crippen LogP contribution is 2.45. The summed E-state index contributed by atoms with van der Waals surface area (Å²) in [5.41, 5.74) is 1.89. The van der Waals surface area contributed by atoms with Crippen LogP contribution in [0.5, 0.6) is 0 Å². The average Bonchev–Trinajstić information content (AvgIpc) is 2.62. The van der Waals surface area contributed by atoms with Crippen molar-refractivity contribution in [3.8, 4) is 17.3 Å². The van der Waals surface area contributed by atoms with E-state index in [0.29, 0.717) is 16.8 Å². The highest BCUT2D eigenvalue weighted by Gasteiger charge is 2.48. The summed E-state index contributed by atoms with van der Waals surface area (Å²) < 4.78 is 31.5. The van der Waals surface area contributed by atoms with E-state index < -0.39 is 22.7 Å². The lowest BCUT2D eigenvalue weighted by Crippen LogP contribution is -2.59. The van der Waals surface area contributed by atoms with Gasteiger partial charge in [-0.2, -0.15) is 9.83 Å². The molecule has 2 heterocycles. The monoisotopic (exact) mass is 354 g/mol. The zero-order valence-corrected chi connectivity index (χ0v) is 15.5. The molecule has 0 saturated heterocycles. The Balaban J connectivity index is 2.48. The van der Waals surface area contributed by atoms with Gasteiger partial charge in [0, 0.05) is 55.9 Å². The van der Waals surface area contributed by atoms with Crippen molar-refractivity contribution in [2.45, 2.75) is 32.2 Å². The van der Waals surface area contributed by atoms with E-state index in [9.17, 15) is 9.65 Å². The summed E-state index contributed by atoms with van der Waals surface area (Å²) in [4.78, 5) is 1.93. The Morgan fingerprint density at radius 1 is 1.23 bits per heavy atom. The van der Waals surface area contributed by atoms with Crippen LogP contribution in [0, 0.1) is 23.0 Å². The Morgan fingerprint density at radius 2 is 1.88 bits per heavy atom. The van der Waals surface area contributed by atoms with Crippen LogP contribution in [0.3, 0.4) is 0 Å². The SMILES string of the molecule is C=C1c2cc(F)c(C#N)c(F)c2-c2cc(N(C)C)cc[n+]2C1(CC)CC. The molecule has 0 N–H and O–H groups in total. The first kappa shape index (κ1) is 18.1. The number of rotatable bonds is 3. The smallest absolute Gasteiger partial charge is 0.218 e. The van der Waals surface area contributed by atoms with Crippen LogP contribution in [0.25, 0.3) is 16.8 Å². The lowest BCUT2D eigenvalue weighted by molar-refractivity contribution is -0.741. The molecule has 0 fully saturated rings. The number of benzene rings is 1. The van der Waals surface area contributed by atoms with Crippen LogP contribution in [0.2, 0.25) is 0 Å². The van der Waals surface area contributed by atoms with Gasteiger partial charge in [-0.05, 0) is 6.07 Å². The lowest BCUT2D eigenvalue weighted by atomic mass is 9.75. The van der Waals surface area contributed by atoms with Crippen molar-refractivity contribution in [1.82, 2.24) is 0 Å². The van der Waals surface area contributed by atoms with E-state index >= 15 is 4.39 Å². The van der Waals surface area contributed by atoms with E-state index in [1.54, 1.807) is 6.07 Å². The molecular weight excluding hydrogens is 332 g/mol. The normalized spacial score (nSPS) is 14.4. The molecule has 0 amide bonds. The van der Waals surface area contributed by atoms with E-state index in [1.165, 1.54) is 6.07 Å². The topological polar surface area (TPSA) is 30.9 Å². The zero-order valence-electron chi connectivity index (χ0n) is 15.5. The highest BCUT2D eigenvalue weighted by atomic mass is 19.1. The second-order valence-electron chi connectivity index (χ2n) is 6.83. The van der Waals surface area contributed by atoms with Gasteiger partial charge in [0.05, 0.1) is 5.56 Å². The van der Waals surface area contributed by atoms with Gasteiger partial charge in [-0.3, -0.25) is 0 Å². The molecule has 1 aliphatic rings. The van der Waals surface area contributed by atoms with Crippen LogP contribution in [0.4, 0.5) is 14.5 Å². The molecule has 26 heavy (non-hydrogen) atoms. The summed E-state index contributed by atoms with van der Waals surface area (Å²) in [5.74, 6) is -1.67. The number of halogens is 2. The predicted molar refractivity (Wildman–Crippen MR) is 98.6 cm³/mol. The number of allylic oxidation sites excluding steroid dienone is 1. The summed E-state index contributed by atoms with van der Waals surface area (Å²) >= 11 is 0. The van der Waals surface area contributed by atoms with Crippen molar-refractivity contribution in [3.63, 3.8) is 0 Å². The largest absolute Gasteiger partial charge is 0.377 e. The van der Waals surface area contributed by atoms with Crippen molar-refractivity contribution in [3.05, 3.63) is 53.7 Å². The third kappa shape index (κ3) is 2.25. The standard InChI is InChI=1S/C21H22F2N3/c1-6-21(7-2)13(3)15-11-17(22)16(12-24)20(23)19(15)18-10-14(25(4)5)8-9-26(18)21/h8-11H,3,6-7H2,1-2,4-5H3/q+1. The number of anilines is 1. The minimum absolute atomic E-state index is 0.245. The number of nitriles is 1. The molecule has 1 aliphatic heterocycles. The zero-order chi connectivity index (χ0) is 19.2. The van der Waals surface area contributed by atoms with E-state index in [4.69, 9.17) is 0 Å². The van der Waals surface area contributed by atoms with Gasteiger partial charge in [-0.25, -0.2) is 8.78 Å². The highest BCUT2D eigenvalue weighted by molar-refractivity contribution is 5.84. The molecule has 0 atom stereocenters. The summed E-state index contributed by atoms with van der Waals surface area (Å²) in [6.45, 7) is 8.29. The third-order valence-corrected chi connectivity index (χ3v) is 5.56. The first-order valence-electron chi connectivity index (χ1n) is 8.68. The van der Waals surface area contributed by atoms with Crippen LogP contribution in [-0.4, -0.2) is 14.1 Å². The summed E-state index contributed by atoms with van der Waals surface area (Å²) in [7, 11) is 3.81. The summed E-state index contributed by atoms with van der Waals surface area (Å²) in [6.07, 6.45) is 3.41. The molecule has 2 aromatic rings. The predicted octanol–water partition coefficient (Wildman–Crippen LogP) is 4.40. The molecule has 1 aromatic carbocycles. The fourth-order valence-corrected chi connectivity index (χ4v) is 3.96. The first-order valence-corrected chi connectivity index (χ1v) is 8.68. The summed E-state index contributed by atoms with van der Waals surface area (Å²) in [6, 6.07) is 6.75. The molecule has 0 unspecified atom stereocenters. The van der Waals surface area contributed by atoms with Crippen LogP contribution >= 0.6 is 0 Å². The van der Waals surface area contributed by atoms with Crippen LogP contribution in [-0.2, 0) is 5.54 Å². The Bertz CT molecular complexity index is 951. The van der Waals surface area contributed by atoms with E-state index in [-0.39, 0.29) is 5.56 Å². The van der Waals surface area contributed by atoms with E-state index in [2.05, 4.69) is 6.58 Å². The molecule has 3 nitrogen and oxygen atoms in total. The third-order valence-electron chi connectivity index (χ3n) is 5.56. The van der Waals surface area contributed by atoms with E-state index in [1.807, 2.05) is 55.7 Å². The van der Waals surface area contributed by atoms with Gasteiger partial charge >= 0.3 is 0 Å². The van der Waals surface area contributed by atoms with Crippen molar-refractivity contribution in [2.24, 2.45) is 0 Å². The van der Waals surface area contributed by atoms with Crippen molar-refractivity contribution in [2.75, 3.05) is 19.0 Å². The van der Waals surface area contributed by atoms with Gasteiger partial charge in [-0.15, -0.1) is 0 Å². The number of fused-ring (bicyclic) bond motifs is 3. The Labute approximate surface area is 152 Å². The maximum absolute atomic E-state index is 15.1. The van der Waals surface area contributed by atoms with Gasteiger partial charge in [0.2, 0.25) is 5.69 Å². The molecule has 5 heteroatoms. The Kier molecular flexibility index (Phi) is 4.31. The van der Waals surface area contributed by atoms with Gasteiger partial charge in [0.1, 0.15) is 17.4 Å². The first-order chi connectivity index (χ1) is 12.3. The Morgan fingerprint density at radius 3 is 2.42 bits per heavy atom. The second-order valence-corrected chi connectivity index (χ2v) is 6.83. The molecule has 0 saturated carbocycles. The fourth-order valence-electron chi connectivity index (χ4n) is 3.96. The quantitative estimate of drug-likeness (QED) is 0.765. The second kappa shape index (κ2) is 6.21. The summed E-state index contributed by atoms with van der Waals surface area (Å²) in [5, 5.41) is 9.19. The number of aromatic nitrogens is 1. The number of hydrogen-bond acceptors (Lipinski definition) is 2. The van der Waals surface area contributed by atoms with Crippen molar-refractivity contribution < 1.29 is 13.3 Å². The number of hydrogen-bond donors (Lipinski definition) is 0. The van der Waals surface area contributed by atoms with Crippen LogP contribution < -0.4 is 9.47 Å². The molecule has 134 valence electrons. The van der Waals surface area contributed by atoms with E-state index in [0.717, 1.165) is 18.5 Å². The van der Waals surface area contributed by atoms with Gasteiger partial charge in [0.25, 0.3) is 0 Å². The minimum Gasteiger partial charge on any atom is -0.377 e. The average molecular weight is 354 g/mol. The molecule has 0 bridgehead atoms. The Hall–Kier alpha value is -2.74. The molecule has 1 aromatic heterocycles. The molecule has 0 spiro atoms. The van der Waals surface area contributed by atoms with Crippen molar-refractivity contribution in [1.29, 1.82) is 5.26 Å². The lowest BCUT2D eigenvalue weighted by Gasteiger charge is -2.35. The maximum Gasteiger partial charge on any atom is 0.218 e. The van der Waals surface area contributed by atoms with Gasteiger partial charge < -0.3 is 4.90 Å². The molecule has 3 rings (SSSR count). The minimum atomic E-state index is -0.844. The fraction of sp³-hybridized carbons (Fsp3) is 0.333. The van der Waals surface area contributed by atoms with Crippen LogP contribution in [0.15, 0.2) is 31.0 Å². The van der Waals surface area contributed by atoms with Gasteiger partial charge in [0.15, 0.2) is 17.6 Å². The van der Waals surface area contributed by atoms with Gasteiger partial charge in [-0.1, -0.05) is 20.4 Å². The molecule has 0 radical (unpaired) electrons.